The lowest BCUT2D eigenvalue weighted by atomic mass is 9.94. The highest BCUT2D eigenvalue weighted by atomic mass is 16.6. The summed E-state index contributed by atoms with van der Waals surface area (Å²) in [7, 11) is 1.68. The molecular weight excluding hydrogens is 306 g/mol. The van der Waals surface area contributed by atoms with E-state index >= 15 is 0 Å². The number of carbonyl (C=O) groups excluding carboxylic acids is 1. The number of hydrogen-bond acceptors (Lipinski definition) is 5. The number of ether oxygens (including phenoxy) is 2. The largest absolute Gasteiger partial charge is 0.460 e. The molecule has 128 valence electrons. The molecule has 2 atom stereocenters. The maximum Gasteiger partial charge on any atom is 0.306 e. The standard InChI is InChI=1S/C18H23N3O3/c1-23-15-9-5-6-10-16(15)24-18(22)12-11-17-20-19-13-21(17)14-7-3-2-4-8-14/h2-4,7-8,13,15-16H,5-6,9-12H2,1H3/t15-,16-/m1/s1. The highest BCUT2D eigenvalue weighted by Gasteiger charge is 2.28. The molecule has 0 unspecified atom stereocenters. The van der Waals surface area contributed by atoms with E-state index in [2.05, 4.69) is 10.2 Å². The van der Waals surface area contributed by atoms with Crippen molar-refractivity contribution in [3.8, 4) is 5.69 Å². The van der Waals surface area contributed by atoms with Gasteiger partial charge in [-0.05, 0) is 31.4 Å². The summed E-state index contributed by atoms with van der Waals surface area (Å²) in [6.45, 7) is 0. The number of carbonyl (C=O) groups is 1. The molecule has 24 heavy (non-hydrogen) atoms. The van der Waals surface area contributed by atoms with Crippen LogP contribution in [0.5, 0.6) is 0 Å². The topological polar surface area (TPSA) is 66.2 Å². The number of aryl methyl sites for hydroxylation is 1. The quantitative estimate of drug-likeness (QED) is 0.762. The first-order valence-electron chi connectivity index (χ1n) is 8.44. The smallest absolute Gasteiger partial charge is 0.306 e. The molecule has 0 aliphatic heterocycles. The van der Waals surface area contributed by atoms with Crippen LogP contribution in [0.2, 0.25) is 0 Å². The summed E-state index contributed by atoms with van der Waals surface area (Å²) >= 11 is 0. The lowest BCUT2D eigenvalue weighted by Gasteiger charge is -2.29. The van der Waals surface area contributed by atoms with Gasteiger partial charge in [-0.2, -0.15) is 0 Å². The van der Waals surface area contributed by atoms with Gasteiger partial charge in [0.05, 0.1) is 12.5 Å². The van der Waals surface area contributed by atoms with Crippen molar-refractivity contribution < 1.29 is 14.3 Å². The van der Waals surface area contributed by atoms with Crippen molar-refractivity contribution in [1.82, 2.24) is 14.8 Å². The molecule has 0 radical (unpaired) electrons. The summed E-state index contributed by atoms with van der Waals surface area (Å²) < 4.78 is 12.9. The predicted molar refractivity (Wildman–Crippen MR) is 88.8 cm³/mol. The van der Waals surface area contributed by atoms with Crippen LogP contribution in [0.1, 0.15) is 37.9 Å². The maximum absolute atomic E-state index is 12.2. The van der Waals surface area contributed by atoms with E-state index in [-0.39, 0.29) is 18.2 Å². The van der Waals surface area contributed by atoms with Gasteiger partial charge in [-0.3, -0.25) is 9.36 Å². The van der Waals surface area contributed by atoms with Crippen molar-refractivity contribution in [3.63, 3.8) is 0 Å². The van der Waals surface area contributed by atoms with Gasteiger partial charge in [-0.15, -0.1) is 10.2 Å². The molecule has 3 rings (SSSR count). The van der Waals surface area contributed by atoms with Crippen LogP contribution in [0.15, 0.2) is 36.7 Å². The van der Waals surface area contributed by atoms with Gasteiger partial charge in [0.2, 0.25) is 0 Å². The molecule has 0 saturated heterocycles. The summed E-state index contributed by atoms with van der Waals surface area (Å²) in [5, 5.41) is 8.08. The average molecular weight is 329 g/mol. The fraction of sp³-hybridized carbons (Fsp3) is 0.500. The summed E-state index contributed by atoms with van der Waals surface area (Å²) in [6, 6.07) is 9.84. The zero-order valence-corrected chi connectivity index (χ0v) is 13.9. The molecule has 0 N–H and O–H groups in total. The second-order valence-corrected chi connectivity index (χ2v) is 6.04. The van der Waals surface area contributed by atoms with Gasteiger partial charge in [-0.25, -0.2) is 0 Å². The van der Waals surface area contributed by atoms with E-state index in [0.717, 1.165) is 37.2 Å². The third kappa shape index (κ3) is 4.00. The predicted octanol–water partition coefficient (Wildman–Crippen LogP) is 2.70. The first-order valence-corrected chi connectivity index (χ1v) is 8.44. The lowest BCUT2D eigenvalue weighted by Crippen LogP contribution is -2.35. The van der Waals surface area contributed by atoms with Crippen LogP contribution in [0.4, 0.5) is 0 Å². The minimum absolute atomic E-state index is 0.0238. The van der Waals surface area contributed by atoms with Gasteiger partial charge >= 0.3 is 5.97 Å². The molecule has 6 nitrogen and oxygen atoms in total. The van der Waals surface area contributed by atoms with E-state index in [1.807, 2.05) is 34.9 Å². The van der Waals surface area contributed by atoms with E-state index in [4.69, 9.17) is 9.47 Å². The number of hydrogen-bond donors (Lipinski definition) is 0. The Balaban J connectivity index is 1.56. The number of rotatable bonds is 6. The molecular formula is C18H23N3O3. The minimum atomic E-state index is -0.202. The average Bonchev–Trinajstić information content (AvgIpc) is 3.10. The number of esters is 1. The first kappa shape index (κ1) is 16.6. The second kappa shape index (κ2) is 8.06. The van der Waals surface area contributed by atoms with Crippen molar-refractivity contribution >= 4 is 5.97 Å². The monoisotopic (exact) mass is 329 g/mol. The van der Waals surface area contributed by atoms with Crippen molar-refractivity contribution in [2.75, 3.05) is 7.11 Å². The highest BCUT2D eigenvalue weighted by Crippen LogP contribution is 2.24. The molecule has 1 saturated carbocycles. The number of methoxy groups -OCH3 is 1. The Labute approximate surface area is 141 Å². The molecule has 1 aliphatic carbocycles. The molecule has 0 spiro atoms. The van der Waals surface area contributed by atoms with E-state index in [1.54, 1.807) is 13.4 Å². The van der Waals surface area contributed by atoms with Crippen LogP contribution in [0, 0.1) is 0 Å². The minimum Gasteiger partial charge on any atom is -0.460 e. The van der Waals surface area contributed by atoms with E-state index < -0.39 is 0 Å². The van der Waals surface area contributed by atoms with Crippen LogP contribution in [0.25, 0.3) is 5.69 Å². The number of nitrogens with zero attached hydrogens (tertiary/aromatic N) is 3. The molecule has 2 aromatic rings. The normalized spacial score (nSPS) is 20.7. The number of benzene rings is 1. The van der Waals surface area contributed by atoms with E-state index in [1.165, 1.54) is 0 Å². The fourth-order valence-corrected chi connectivity index (χ4v) is 3.14. The van der Waals surface area contributed by atoms with Crippen LogP contribution in [-0.4, -0.2) is 40.1 Å². The van der Waals surface area contributed by atoms with Crippen LogP contribution < -0.4 is 0 Å². The Morgan fingerprint density at radius 1 is 1.21 bits per heavy atom. The molecule has 1 aromatic carbocycles. The van der Waals surface area contributed by atoms with Gasteiger partial charge in [0.25, 0.3) is 0 Å². The summed E-state index contributed by atoms with van der Waals surface area (Å²) in [4.78, 5) is 12.2. The molecule has 1 fully saturated rings. The Bertz CT molecular complexity index is 657. The highest BCUT2D eigenvalue weighted by molar-refractivity contribution is 5.69. The summed E-state index contributed by atoms with van der Waals surface area (Å²) in [5.74, 6) is 0.552. The Hall–Kier alpha value is -2.21. The second-order valence-electron chi connectivity index (χ2n) is 6.04. The van der Waals surface area contributed by atoms with E-state index in [0.29, 0.717) is 12.8 Å². The zero-order valence-electron chi connectivity index (χ0n) is 13.9. The molecule has 1 aromatic heterocycles. The third-order valence-electron chi connectivity index (χ3n) is 4.43. The van der Waals surface area contributed by atoms with Gasteiger partial charge < -0.3 is 9.47 Å². The Morgan fingerprint density at radius 3 is 2.71 bits per heavy atom. The van der Waals surface area contributed by atoms with Gasteiger partial charge in [0.15, 0.2) is 0 Å². The molecule has 6 heteroatoms. The van der Waals surface area contributed by atoms with Crippen LogP contribution >= 0.6 is 0 Å². The van der Waals surface area contributed by atoms with Crippen molar-refractivity contribution in [1.29, 1.82) is 0 Å². The van der Waals surface area contributed by atoms with Gasteiger partial charge in [-0.1, -0.05) is 24.6 Å². The van der Waals surface area contributed by atoms with Crippen LogP contribution in [-0.2, 0) is 20.7 Å². The van der Waals surface area contributed by atoms with Crippen molar-refractivity contribution in [2.45, 2.75) is 50.7 Å². The molecule has 0 bridgehead atoms. The van der Waals surface area contributed by atoms with Crippen molar-refractivity contribution in [3.05, 3.63) is 42.5 Å². The SMILES string of the molecule is CO[C@@H]1CCCC[C@H]1OC(=O)CCc1nncn1-c1ccccc1. The number of para-hydroxylation sites is 1. The van der Waals surface area contributed by atoms with Gasteiger partial charge in [0, 0.05) is 19.2 Å². The molecule has 1 heterocycles. The molecule has 0 amide bonds. The zero-order chi connectivity index (χ0) is 16.8. The summed E-state index contributed by atoms with van der Waals surface area (Å²) in [6.07, 6.45) is 6.40. The van der Waals surface area contributed by atoms with Crippen molar-refractivity contribution in [2.24, 2.45) is 0 Å². The van der Waals surface area contributed by atoms with Crippen LogP contribution in [0.3, 0.4) is 0 Å². The number of aromatic nitrogens is 3. The maximum atomic E-state index is 12.2. The Morgan fingerprint density at radius 2 is 1.96 bits per heavy atom. The lowest BCUT2D eigenvalue weighted by molar-refractivity contribution is -0.159. The molecule has 1 aliphatic rings. The van der Waals surface area contributed by atoms with Gasteiger partial charge in [0.1, 0.15) is 18.3 Å². The summed E-state index contributed by atoms with van der Waals surface area (Å²) in [5.41, 5.74) is 0.984. The van der Waals surface area contributed by atoms with E-state index in [9.17, 15) is 4.79 Å². The third-order valence-corrected chi connectivity index (χ3v) is 4.43. The Kier molecular flexibility index (Phi) is 5.59. The fourth-order valence-electron chi connectivity index (χ4n) is 3.14. The first-order chi connectivity index (χ1) is 11.8.